The molecule has 2 aromatic rings. The molecule has 1 aromatic heterocycles. The van der Waals surface area contributed by atoms with Gasteiger partial charge < -0.3 is 14.2 Å². The molecule has 0 bridgehead atoms. The molecule has 0 N–H and O–H groups in total. The van der Waals surface area contributed by atoms with Crippen molar-refractivity contribution < 1.29 is 13.9 Å². The second-order valence-corrected chi connectivity index (χ2v) is 4.97. The van der Waals surface area contributed by atoms with Crippen molar-refractivity contribution in [3.05, 3.63) is 47.3 Å². The van der Waals surface area contributed by atoms with Gasteiger partial charge in [0.05, 0.1) is 42.1 Å². The number of benzene rings is 1. The second kappa shape index (κ2) is 5.29. The number of hydrogen-bond acceptors (Lipinski definition) is 3. The number of rotatable bonds is 3. The molecule has 6 heteroatoms. The summed E-state index contributed by atoms with van der Waals surface area (Å²) in [5.74, 6) is -0.621. The van der Waals surface area contributed by atoms with Crippen LogP contribution in [0.15, 0.2) is 24.5 Å². The number of imidazole rings is 1. The highest BCUT2D eigenvalue weighted by molar-refractivity contribution is 5.98. The second-order valence-electron chi connectivity index (χ2n) is 4.97. The van der Waals surface area contributed by atoms with Gasteiger partial charge in [0.1, 0.15) is 5.82 Å². The van der Waals surface area contributed by atoms with Gasteiger partial charge in [0.2, 0.25) is 0 Å². The van der Waals surface area contributed by atoms with Gasteiger partial charge in [-0.2, -0.15) is 0 Å². The zero-order chi connectivity index (χ0) is 15.0. The Balaban J connectivity index is 2.15. The fourth-order valence-corrected chi connectivity index (χ4v) is 2.50. The summed E-state index contributed by atoms with van der Waals surface area (Å²) in [5.41, 5.74) is 2.69. The first-order chi connectivity index (χ1) is 10.1. The Morgan fingerprint density at radius 2 is 2.24 bits per heavy atom. The monoisotopic (exact) mass is 289 g/mol. The van der Waals surface area contributed by atoms with Gasteiger partial charge in [-0.25, -0.2) is 9.37 Å². The topological polar surface area (TPSA) is 47.4 Å². The van der Waals surface area contributed by atoms with E-state index < -0.39 is 5.82 Å². The van der Waals surface area contributed by atoms with E-state index in [9.17, 15) is 9.18 Å². The van der Waals surface area contributed by atoms with E-state index in [1.165, 1.54) is 12.1 Å². The Hall–Kier alpha value is -2.21. The highest BCUT2D eigenvalue weighted by atomic mass is 19.1. The Bertz CT molecular complexity index is 696. The maximum absolute atomic E-state index is 13.5. The van der Waals surface area contributed by atoms with Crippen molar-refractivity contribution in [3.8, 4) is 5.69 Å². The molecule has 0 radical (unpaired) electrons. The number of amides is 1. The van der Waals surface area contributed by atoms with Crippen molar-refractivity contribution in [2.75, 3.05) is 13.7 Å². The van der Waals surface area contributed by atoms with Gasteiger partial charge in [0, 0.05) is 13.7 Å². The predicted molar refractivity (Wildman–Crippen MR) is 74.6 cm³/mol. The molecule has 0 atom stereocenters. The lowest BCUT2D eigenvalue weighted by atomic mass is 10.1. The first-order valence-corrected chi connectivity index (χ1v) is 6.80. The summed E-state index contributed by atoms with van der Waals surface area (Å²) in [4.78, 5) is 18.3. The fourth-order valence-electron chi connectivity index (χ4n) is 2.50. The molecule has 3 rings (SSSR count). The van der Waals surface area contributed by atoms with E-state index in [0.717, 1.165) is 11.4 Å². The average Bonchev–Trinajstić information content (AvgIpc) is 2.82. The molecule has 1 aliphatic heterocycles. The van der Waals surface area contributed by atoms with Crippen molar-refractivity contribution in [2.24, 2.45) is 0 Å². The van der Waals surface area contributed by atoms with Crippen LogP contribution in [-0.4, -0.2) is 34.0 Å². The number of nitrogens with zero attached hydrogens (tertiary/aromatic N) is 3. The number of fused-ring (bicyclic) bond motifs is 3. The van der Waals surface area contributed by atoms with Crippen molar-refractivity contribution in [1.29, 1.82) is 0 Å². The van der Waals surface area contributed by atoms with E-state index in [-0.39, 0.29) is 5.91 Å². The average molecular weight is 289 g/mol. The van der Waals surface area contributed by atoms with Gasteiger partial charge in [0.15, 0.2) is 0 Å². The van der Waals surface area contributed by atoms with E-state index in [0.29, 0.717) is 31.0 Å². The largest absolute Gasteiger partial charge is 0.375 e. The molecule has 1 amide bonds. The molecule has 21 heavy (non-hydrogen) atoms. The summed E-state index contributed by atoms with van der Waals surface area (Å²) < 4.78 is 20.7. The number of ether oxygens (including phenoxy) is 1. The smallest absolute Gasteiger partial charge is 0.256 e. The highest BCUT2D eigenvalue weighted by Gasteiger charge is 2.26. The summed E-state index contributed by atoms with van der Waals surface area (Å²) in [6.07, 6.45) is 1.66. The first-order valence-electron chi connectivity index (χ1n) is 6.80. The molecular weight excluding hydrogens is 273 g/mol. The lowest BCUT2D eigenvalue weighted by molar-refractivity contribution is 0.0785. The van der Waals surface area contributed by atoms with Crippen LogP contribution in [0.5, 0.6) is 0 Å². The molecule has 2 heterocycles. The number of carbonyl (C=O) groups is 1. The molecule has 0 aliphatic carbocycles. The molecule has 110 valence electrons. The maximum atomic E-state index is 13.5. The van der Waals surface area contributed by atoms with Gasteiger partial charge in [0.25, 0.3) is 5.91 Å². The third kappa shape index (κ3) is 2.31. The fraction of sp³-hybridized carbons (Fsp3) is 0.333. The summed E-state index contributed by atoms with van der Waals surface area (Å²) in [5, 5.41) is 0. The molecule has 1 aromatic carbocycles. The maximum Gasteiger partial charge on any atom is 0.256 e. The van der Waals surface area contributed by atoms with Gasteiger partial charge in [-0.05, 0) is 25.1 Å². The number of carbonyl (C=O) groups excluding carboxylic acids is 1. The predicted octanol–water partition coefficient (Wildman–Crippen LogP) is 2.13. The van der Waals surface area contributed by atoms with Crippen LogP contribution in [0, 0.1) is 5.82 Å². The summed E-state index contributed by atoms with van der Waals surface area (Å²) >= 11 is 0. The van der Waals surface area contributed by atoms with Crippen LogP contribution in [0.4, 0.5) is 4.39 Å². The summed E-state index contributed by atoms with van der Waals surface area (Å²) in [7, 11) is 1.70. The molecule has 0 saturated carbocycles. The molecule has 1 aliphatic rings. The Morgan fingerprint density at radius 3 is 3.00 bits per heavy atom. The van der Waals surface area contributed by atoms with E-state index in [1.54, 1.807) is 24.3 Å². The molecule has 0 fully saturated rings. The molecule has 0 saturated heterocycles. The molecular formula is C15H16FN3O2. The molecule has 0 unspecified atom stereocenters. The van der Waals surface area contributed by atoms with Crippen molar-refractivity contribution in [2.45, 2.75) is 20.1 Å². The number of halogens is 1. The van der Waals surface area contributed by atoms with E-state index in [2.05, 4.69) is 4.98 Å². The van der Waals surface area contributed by atoms with Gasteiger partial charge in [-0.15, -0.1) is 0 Å². The van der Waals surface area contributed by atoms with Crippen LogP contribution < -0.4 is 0 Å². The third-order valence-electron chi connectivity index (χ3n) is 3.58. The number of aromatic nitrogens is 2. The lowest BCUT2D eigenvalue weighted by Crippen LogP contribution is -2.25. The van der Waals surface area contributed by atoms with E-state index >= 15 is 0 Å². The minimum Gasteiger partial charge on any atom is -0.375 e. The Labute approximate surface area is 122 Å². The van der Waals surface area contributed by atoms with Gasteiger partial charge >= 0.3 is 0 Å². The minimum absolute atomic E-state index is 0.199. The van der Waals surface area contributed by atoms with Crippen molar-refractivity contribution in [1.82, 2.24) is 14.5 Å². The SMILES string of the molecule is CCOCc1ncn2c1CN(C)C(=O)c1cc(F)ccc1-2. The first kappa shape index (κ1) is 13.8. The summed E-state index contributed by atoms with van der Waals surface area (Å²) in [6.45, 7) is 3.33. The zero-order valence-electron chi connectivity index (χ0n) is 12.0. The standard InChI is InChI=1S/C15H16FN3O2/c1-3-21-8-12-14-7-18(2)15(20)11-6-10(16)4-5-13(11)19(14)9-17-12/h4-6,9H,3,7-8H2,1-2H3. The normalized spacial score (nSPS) is 13.9. The highest BCUT2D eigenvalue weighted by Crippen LogP contribution is 2.26. The van der Waals surface area contributed by atoms with E-state index in [4.69, 9.17) is 4.74 Å². The van der Waals surface area contributed by atoms with Crippen LogP contribution in [0.3, 0.4) is 0 Å². The van der Waals surface area contributed by atoms with Crippen LogP contribution in [-0.2, 0) is 17.9 Å². The van der Waals surface area contributed by atoms with Crippen molar-refractivity contribution >= 4 is 5.91 Å². The van der Waals surface area contributed by atoms with Crippen LogP contribution in [0.2, 0.25) is 0 Å². The van der Waals surface area contributed by atoms with Gasteiger partial charge in [-0.1, -0.05) is 0 Å². The van der Waals surface area contributed by atoms with Gasteiger partial charge in [-0.3, -0.25) is 4.79 Å². The number of hydrogen-bond donors (Lipinski definition) is 0. The Kier molecular flexibility index (Phi) is 3.47. The lowest BCUT2D eigenvalue weighted by Gasteiger charge is -2.14. The van der Waals surface area contributed by atoms with Crippen LogP contribution in [0.25, 0.3) is 5.69 Å². The zero-order valence-corrected chi connectivity index (χ0v) is 12.0. The van der Waals surface area contributed by atoms with Crippen LogP contribution in [0.1, 0.15) is 28.7 Å². The Morgan fingerprint density at radius 1 is 1.43 bits per heavy atom. The minimum atomic E-state index is -0.423. The van der Waals surface area contributed by atoms with E-state index in [1.807, 2.05) is 11.5 Å². The third-order valence-corrected chi connectivity index (χ3v) is 3.58. The quantitative estimate of drug-likeness (QED) is 0.869. The van der Waals surface area contributed by atoms with Crippen molar-refractivity contribution in [3.63, 3.8) is 0 Å². The molecule has 5 nitrogen and oxygen atoms in total. The summed E-state index contributed by atoms with van der Waals surface area (Å²) in [6, 6.07) is 4.23. The van der Waals surface area contributed by atoms with Crippen LogP contribution >= 0.6 is 0 Å². The molecule has 0 spiro atoms.